The Labute approximate surface area is 183 Å². The zero-order valence-electron chi connectivity index (χ0n) is 17.8. The number of hydrogen-bond acceptors (Lipinski definition) is 3. The second-order valence-corrected chi connectivity index (χ2v) is 8.59. The van der Waals surface area contributed by atoms with Crippen LogP contribution in [0.25, 0.3) is 0 Å². The molecule has 0 saturated carbocycles. The molecule has 5 rings (SSSR count). The number of benzene rings is 3. The third-order valence-electron chi connectivity index (χ3n) is 6.77. The highest BCUT2D eigenvalue weighted by atomic mass is 16.3. The lowest BCUT2D eigenvalue weighted by Crippen LogP contribution is -2.48. The predicted molar refractivity (Wildman–Crippen MR) is 122 cm³/mol. The number of carbonyl (C=O) groups is 1. The molecule has 1 saturated heterocycles. The molecule has 4 nitrogen and oxygen atoms in total. The van der Waals surface area contributed by atoms with E-state index < -0.39 is 0 Å². The molecule has 0 radical (unpaired) electrons. The first-order valence-corrected chi connectivity index (χ1v) is 11.1. The number of nitrogens with zero attached hydrogens (tertiary/aromatic N) is 2. The molecule has 3 aromatic carbocycles. The topological polar surface area (TPSA) is 43.8 Å². The fraction of sp³-hybridized carbons (Fsp3) is 0.296. The SMILES string of the molecule is Cc1ccc(C2[C@H]3c4ccccc4CCN3N(C(=O)c3ccccc3)[C@H]2CCO)cc1. The van der Waals surface area contributed by atoms with Gasteiger partial charge in [-0.2, -0.15) is 0 Å². The van der Waals surface area contributed by atoms with Crippen LogP contribution in [0.15, 0.2) is 78.9 Å². The smallest absolute Gasteiger partial charge is 0.268 e. The summed E-state index contributed by atoms with van der Waals surface area (Å²) in [5.41, 5.74) is 5.79. The van der Waals surface area contributed by atoms with E-state index in [-0.39, 0.29) is 30.5 Å². The van der Waals surface area contributed by atoms with E-state index >= 15 is 0 Å². The second-order valence-electron chi connectivity index (χ2n) is 8.59. The number of carbonyl (C=O) groups excluding carboxylic acids is 1. The molecule has 1 amide bonds. The fourth-order valence-electron chi connectivity index (χ4n) is 5.37. The highest BCUT2D eigenvalue weighted by Gasteiger charge is 2.52. The maximum atomic E-state index is 13.7. The molecule has 0 bridgehead atoms. The first-order chi connectivity index (χ1) is 15.2. The number of hydrogen-bond donors (Lipinski definition) is 1. The van der Waals surface area contributed by atoms with Gasteiger partial charge in [-0.1, -0.05) is 72.3 Å². The van der Waals surface area contributed by atoms with Gasteiger partial charge >= 0.3 is 0 Å². The van der Waals surface area contributed by atoms with Crippen molar-refractivity contribution < 1.29 is 9.90 Å². The van der Waals surface area contributed by atoms with Crippen LogP contribution in [0.1, 0.15) is 51.0 Å². The molecule has 3 aromatic rings. The zero-order valence-corrected chi connectivity index (χ0v) is 17.8. The molecule has 158 valence electrons. The summed E-state index contributed by atoms with van der Waals surface area (Å²) < 4.78 is 0. The molecule has 0 aromatic heterocycles. The molecule has 3 atom stereocenters. The third-order valence-corrected chi connectivity index (χ3v) is 6.77. The van der Waals surface area contributed by atoms with Crippen LogP contribution in [0.4, 0.5) is 0 Å². The van der Waals surface area contributed by atoms with Gasteiger partial charge in [-0.25, -0.2) is 5.01 Å². The van der Waals surface area contributed by atoms with Crippen LogP contribution in [0.5, 0.6) is 0 Å². The maximum absolute atomic E-state index is 13.7. The summed E-state index contributed by atoms with van der Waals surface area (Å²) in [7, 11) is 0. The number of amides is 1. The third kappa shape index (κ3) is 3.46. The van der Waals surface area contributed by atoms with Crippen molar-refractivity contribution >= 4 is 5.91 Å². The van der Waals surface area contributed by atoms with Gasteiger partial charge in [0.25, 0.3) is 5.91 Å². The van der Waals surface area contributed by atoms with Gasteiger partial charge in [-0.3, -0.25) is 9.80 Å². The second kappa shape index (κ2) is 8.29. The van der Waals surface area contributed by atoms with Crippen LogP contribution in [0.2, 0.25) is 0 Å². The Balaban J connectivity index is 1.66. The minimum absolute atomic E-state index is 0.0121. The summed E-state index contributed by atoms with van der Waals surface area (Å²) in [4.78, 5) is 13.7. The van der Waals surface area contributed by atoms with Crippen molar-refractivity contribution in [3.8, 4) is 0 Å². The molecule has 4 heteroatoms. The van der Waals surface area contributed by atoms with Crippen LogP contribution in [0.3, 0.4) is 0 Å². The first-order valence-electron chi connectivity index (χ1n) is 11.1. The highest BCUT2D eigenvalue weighted by molar-refractivity contribution is 5.94. The zero-order chi connectivity index (χ0) is 21.4. The van der Waals surface area contributed by atoms with Gasteiger partial charge in [-0.15, -0.1) is 0 Å². The summed E-state index contributed by atoms with van der Waals surface area (Å²) in [5.74, 6) is 0.111. The molecule has 2 aliphatic rings. The van der Waals surface area contributed by atoms with Gasteiger partial charge in [0.05, 0.1) is 12.1 Å². The summed E-state index contributed by atoms with van der Waals surface area (Å²) >= 11 is 0. The highest BCUT2D eigenvalue weighted by Crippen LogP contribution is 2.51. The molecule has 31 heavy (non-hydrogen) atoms. The van der Waals surface area contributed by atoms with E-state index in [1.165, 1.54) is 22.3 Å². The van der Waals surface area contributed by atoms with E-state index in [4.69, 9.17) is 0 Å². The maximum Gasteiger partial charge on any atom is 0.268 e. The minimum Gasteiger partial charge on any atom is -0.396 e. The van der Waals surface area contributed by atoms with Crippen LogP contribution >= 0.6 is 0 Å². The van der Waals surface area contributed by atoms with E-state index in [0.717, 1.165) is 13.0 Å². The average molecular weight is 413 g/mol. The van der Waals surface area contributed by atoms with Crippen molar-refractivity contribution in [1.82, 2.24) is 10.0 Å². The number of fused-ring (bicyclic) bond motifs is 3. The van der Waals surface area contributed by atoms with E-state index in [1.807, 2.05) is 35.3 Å². The molecule has 0 aliphatic carbocycles. The van der Waals surface area contributed by atoms with Crippen LogP contribution in [-0.4, -0.2) is 40.2 Å². The van der Waals surface area contributed by atoms with Gasteiger partial charge in [0.15, 0.2) is 0 Å². The Morgan fingerprint density at radius 1 is 0.968 bits per heavy atom. The van der Waals surface area contributed by atoms with Crippen molar-refractivity contribution in [2.24, 2.45) is 0 Å². The Kier molecular flexibility index (Phi) is 5.34. The van der Waals surface area contributed by atoms with Crippen LogP contribution in [-0.2, 0) is 6.42 Å². The number of aryl methyl sites for hydroxylation is 1. The van der Waals surface area contributed by atoms with Gasteiger partial charge in [-0.05, 0) is 48.6 Å². The quantitative estimate of drug-likeness (QED) is 0.686. The standard InChI is InChI=1S/C27H28N2O2/c1-19-11-13-21(14-12-19)25-24(16-18-30)29(27(31)22-8-3-2-4-9-22)28-17-15-20-7-5-6-10-23(20)26(25)28/h2-14,24-26,30H,15-18H2,1H3/t24-,25?,26+/m0/s1. The molecular weight excluding hydrogens is 384 g/mol. The summed E-state index contributed by atoms with van der Waals surface area (Å²) in [6.45, 7) is 2.94. The van der Waals surface area contributed by atoms with Gasteiger partial charge in [0, 0.05) is 24.6 Å². The Morgan fingerprint density at radius 2 is 1.68 bits per heavy atom. The molecule has 1 unspecified atom stereocenters. The van der Waals surface area contributed by atoms with E-state index in [9.17, 15) is 9.90 Å². The van der Waals surface area contributed by atoms with Crippen LogP contribution < -0.4 is 0 Å². The minimum atomic E-state index is -0.100. The van der Waals surface area contributed by atoms with Crippen LogP contribution in [0, 0.1) is 6.92 Å². The van der Waals surface area contributed by atoms with Crippen molar-refractivity contribution in [3.63, 3.8) is 0 Å². The Hall–Kier alpha value is -2.95. The fourth-order valence-corrected chi connectivity index (χ4v) is 5.37. The summed E-state index contributed by atoms with van der Waals surface area (Å²) in [6.07, 6.45) is 1.46. The van der Waals surface area contributed by atoms with E-state index in [1.54, 1.807) is 0 Å². The Bertz CT molecular complexity index is 1060. The lowest BCUT2D eigenvalue weighted by molar-refractivity contribution is -0.0182. The normalized spacial score (nSPS) is 22.8. The van der Waals surface area contributed by atoms with Crippen molar-refractivity contribution in [2.75, 3.05) is 13.2 Å². The van der Waals surface area contributed by atoms with Crippen molar-refractivity contribution in [1.29, 1.82) is 0 Å². The number of rotatable bonds is 4. The van der Waals surface area contributed by atoms with Gasteiger partial charge < -0.3 is 5.11 Å². The molecule has 1 fully saturated rings. The molecular formula is C27H28N2O2. The number of hydrazine groups is 1. The molecule has 0 spiro atoms. The molecule has 2 heterocycles. The average Bonchev–Trinajstić information content (AvgIpc) is 3.14. The van der Waals surface area contributed by atoms with E-state index in [2.05, 4.69) is 60.5 Å². The lowest BCUT2D eigenvalue weighted by Gasteiger charge is -2.38. The Morgan fingerprint density at radius 3 is 2.42 bits per heavy atom. The monoisotopic (exact) mass is 412 g/mol. The van der Waals surface area contributed by atoms with Crippen molar-refractivity contribution in [3.05, 3.63) is 107 Å². The predicted octanol–water partition coefficient (Wildman–Crippen LogP) is 4.50. The number of aliphatic hydroxyl groups is 1. The van der Waals surface area contributed by atoms with Crippen molar-refractivity contribution in [2.45, 2.75) is 37.8 Å². The number of aliphatic hydroxyl groups excluding tert-OH is 1. The summed E-state index contributed by atoms with van der Waals surface area (Å²) in [5, 5.41) is 14.2. The molecule has 2 aliphatic heterocycles. The lowest BCUT2D eigenvalue weighted by atomic mass is 9.79. The van der Waals surface area contributed by atoms with Gasteiger partial charge in [0.1, 0.15) is 0 Å². The molecule has 1 N–H and O–H groups in total. The summed E-state index contributed by atoms with van der Waals surface area (Å²) in [6, 6.07) is 26.8. The first kappa shape index (κ1) is 20.0. The van der Waals surface area contributed by atoms with E-state index in [0.29, 0.717) is 12.0 Å². The van der Waals surface area contributed by atoms with Gasteiger partial charge in [0.2, 0.25) is 0 Å². The largest absolute Gasteiger partial charge is 0.396 e.